The van der Waals surface area contributed by atoms with E-state index in [4.69, 9.17) is 11.6 Å². The molecule has 0 spiro atoms. The van der Waals surface area contributed by atoms with Crippen LogP contribution >= 0.6 is 11.6 Å². The highest BCUT2D eigenvalue weighted by atomic mass is 35.5. The maximum Gasteiger partial charge on any atom is 0.254 e. The molecule has 0 aromatic heterocycles. The number of likely N-dealkylation sites (tertiary alicyclic amines) is 1. The fourth-order valence-corrected chi connectivity index (χ4v) is 4.55. The van der Waals surface area contributed by atoms with Gasteiger partial charge in [0.2, 0.25) is 5.91 Å². The smallest absolute Gasteiger partial charge is 0.254 e. The molecule has 1 fully saturated rings. The predicted molar refractivity (Wildman–Crippen MR) is 127 cm³/mol. The highest BCUT2D eigenvalue weighted by molar-refractivity contribution is 6.30. The molecule has 2 atom stereocenters. The van der Waals surface area contributed by atoms with Crippen molar-refractivity contribution in [2.45, 2.75) is 25.4 Å². The standard InChI is InChI=1S/C27H27ClN2O2/c1-29(18-20-8-4-2-5-9-20)26(31)23-14-17-25(21-10-6-3-7-11-21)30(19-23)27(32)22-12-15-24(28)16-13-22/h2-13,15-16,23,25H,14,17-19H2,1H3. The van der Waals surface area contributed by atoms with E-state index in [2.05, 4.69) is 12.1 Å². The molecule has 164 valence electrons. The number of rotatable bonds is 5. The molecule has 0 saturated carbocycles. The third-order valence-electron chi connectivity index (χ3n) is 6.11. The number of hydrogen-bond acceptors (Lipinski definition) is 2. The van der Waals surface area contributed by atoms with E-state index in [-0.39, 0.29) is 23.8 Å². The first-order valence-electron chi connectivity index (χ1n) is 10.9. The first kappa shape index (κ1) is 22.1. The maximum atomic E-state index is 13.5. The van der Waals surface area contributed by atoms with Crippen molar-refractivity contribution in [3.05, 3.63) is 107 Å². The van der Waals surface area contributed by atoms with Gasteiger partial charge < -0.3 is 9.80 Å². The first-order chi connectivity index (χ1) is 15.5. The zero-order valence-electron chi connectivity index (χ0n) is 18.2. The summed E-state index contributed by atoms with van der Waals surface area (Å²) in [5, 5.41) is 0.593. The Balaban J connectivity index is 1.55. The Bertz CT molecular complexity index is 1050. The average molecular weight is 447 g/mol. The second-order valence-electron chi connectivity index (χ2n) is 8.35. The molecule has 1 saturated heterocycles. The molecule has 1 aliphatic heterocycles. The number of halogens is 1. The molecule has 1 aliphatic rings. The van der Waals surface area contributed by atoms with Crippen LogP contribution in [0.1, 0.15) is 40.4 Å². The zero-order valence-corrected chi connectivity index (χ0v) is 18.9. The van der Waals surface area contributed by atoms with Crippen LogP contribution in [0.25, 0.3) is 0 Å². The van der Waals surface area contributed by atoms with Gasteiger partial charge in [0, 0.05) is 30.7 Å². The van der Waals surface area contributed by atoms with E-state index in [0.717, 1.165) is 24.0 Å². The second kappa shape index (κ2) is 10.0. The molecule has 0 N–H and O–H groups in total. The first-order valence-corrected chi connectivity index (χ1v) is 11.3. The lowest BCUT2D eigenvalue weighted by molar-refractivity contribution is -0.136. The number of nitrogens with zero attached hydrogens (tertiary/aromatic N) is 2. The predicted octanol–water partition coefficient (Wildman–Crippen LogP) is 5.59. The van der Waals surface area contributed by atoms with E-state index < -0.39 is 0 Å². The number of amides is 2. The zero-order chi connectivity index (χ0) is 22.5. The number of carbonyl (C=O) groups is 2. The monoisotopic (exact) mass is 446 g/mol. The lowest BCUT2D eigenvalue weighted by Gasteiger charge is -2.40. The van der Waals surface area contributed by atoms with Crippen molar-refractivity contribution in [3.8, 4) is 0 Å². The molecule has 3 aromatic carbocycles. The molecule has 0 radical (unpaired) electrons. The van der Waals surface area contributed by atoms with Gasteiger partial charge in [0.05, 0.1) is 12.0 Å². The Morgan fingerprint density at radius 3 is 2.19 bits per heavy atom. The van der Waals surface area contributed by atoms with Crippen molar-refractivity contribution >= 4 is 23.4 Å². The van der Waals surface area contributed by atoms with Gasteiger partial charge in [-0.15, -0.1) is 0 Å². The molecule has 5 heteroatoms. The lowest BCUT2D eigenvalue weighted by Crippen LogP contribution is -2.47. The highest BCUT2D eigenvalue weighted by Gasteiger charge is 2.36. The molecular weight excluding hydrogens is 420 g/mol. The molecule has 32 heavy (non-hydrogen) atoms. The van der Waals surface area contributed by atoms with Crippen LogP contribution in [0.5, 0.6) is 0 Å². The van der Waals surface area contributed by atoms with Gasteiger partial charge in [0.1, 0.15) is 0 Å². The minimum Gasteiger partial charge on any atom is -0.341 e. The molecule has 2 unspecified atom stereocenters. The number of piperidine rings is 1. The highest BCUT2D eigenvalue weighted by Crippen LogP contribution is 2.35. The van der Waals surface area contributed by atoms with Gasteiger partial charge in [-0.2, -0.15) is 0 Å². The number of carbonyl (C=O) groups excluding carboxylic acids is 2. The van der Waals surface area contributed by atoms with Crippen molar-refractivity contribution in [1.29, 1.82) is 0 Å². The van der Waals surface area contributed by atoms with Crippen LogP contribution < -0.4 is 0 Å². The summed E-state index contributed by atoms with van der Waals surface area (Å²) in [7, 11) is 1.84. The summed E-state index contributed by atoms with van der Waals surface area (Å²) < 4.78 is 0. The van der Waals surface area contributed by atoms with E-state index in [9.17, 15) is 9.59 Å². The summed E-state index contributed by atoms with van der Waals surface area (Å²) in [4.78, 5) is 30.4. The van der Waals surface area contributed by atoms with E-state index in [1.807, 2.05) is 60.5 Å². The molecule has 3 aromatic rings. The quantitative estimate of drug-likeness (QED) is 0.512. The van der Waals surface area contributed by atoms with E-state index >= 15 is 0 Å². The fourth-order valence-electron chi connectivity index (χ4n) is 4.42. The van der Waals surface area contributed by atoms with Gasteiger partial charge in [-0.3, -0.25) is 9.59 Å². The Labute approximate surface area is 194 Å². The summed E-state index contributed by atoms with van der Waals surface area (Å²) >= 11 is 6.02. The third-order valence-corrected chi connectivity index (χ3v) is 6.36. The Hall–Kier alpha value is -3.11. The Kier molecular flexibility index (Phi) is 6.91. The summed E-state index contributed by atoms with van der Waals surface area (Å²) in [6, 6.07) is 26.9. The minimum atomic E-state index is -0.222. The molecule has 2 amide bonds. The molecule has 1 heterocycles. The van der Waals surface area contributed by atoms with Gasteiger partial charge in [0.15, 0.2) is 0 Å². The second-order valence-corrected chi connectivity index (χ2v) is 8.78. The summed E-state index contributed by atoms with van der Waals surface area (Å²) in [6.45, 7) is 0.961. The van der Waals surface area contributed by atoms with Gasteiger partial charge >= 0.3 is 0 Å². The number of hydrogen-bond donors (Lipinski definition) is 0. The van der Waals surface area contributed by atoms with Crippen LogP contribution in [-0.4, -0.2) is 35.2 Å². The number of benzene rings is 3. The fraction of sp³-hybridized carbons (Fsp3) is 0.259. The van der Waals surface area contributed by atoms with Crippen LogP contribution in [0.4, 0.5) is 0 Å². The Morgan fingerprint density at radius 2 is 1.53 bits per heavy atom. The molecule has 0 bridgehead atoms. The van der Waals surface area contributed by atoms with Crippen LogP contribution in [0.2, 0.25) is 5.02 Å². The summed E-state index contributed by atoms with van der Waals surface area (Å²) in [5.41, 5.74) is 2.77. The van der Waals surface area contributed by atoms with E-state index in [1.54, 1.807) is 29.2 Å². The van der Waals surface area contributed by atoms with Crippen molar-refractivity contribution in [2.75, 3.05) is 13.6 Å². The maximum absolute atomic E-state index is 13.5. The van der Waals surface area contributed by atoms with Gasteiger partial charge in [-0.1, -0.05) is 72.3 Å². The van der Waals surface area contributed by atoms with Gasteiger partial charge in [-0.25, -0.2) is 0 Å². The van der Waals surface area contributed by atoms with Crippen molar-refractivity contribution < 1.29 is 9.59 Å². The van der Waals surface area contributed by atoms with Crippen LogP contribution in [0.3, 0.4) is 0 Å². The van der Waals surface area contributed by atoms with Gasteiger partial charge in [0.25, 0.3) is 5.91 Å². The topological polar surface area (TPSA) is 40.6 Å². The molecule has 4 rings (SSSR count). The molecule has 4 nitrogen and oxygen atoms in total. The van der Waals surface area contributed by atoms with E-state index in [0.29, 0.717) is 23.7 Å². The third kappa shape index (κ3) is 5.03. The lowest BCUT2D eigenvalue weighted by atomic mass is 9.87. The molecular formula is C27H27ClN2O2. The van der Waals surface area contributed by atoms with Crippen molar-refractivity contribution in [2.24, 2.45) is 5.92 Å². The summed E-state index contributed by atoms with van der Waals surface area (Å²) in [5.74, 6) is -0.215. The van der Waals surface area contributed by atoms with Crippen LogP contribution in [0, 0.1) is 5.92 Å². The van der Waals surface area contributed by atoms with Crippen molar-refractivity contribution in [1.82, 2.24) is 9.80 Å². The van der Waals surface area contributed by atoms with Crippen LogP contribution in [0.15, 0.2) is 84.9 Å². The Morgan fingerprint density at radius 1 is 0.906 bits per heavy atom. The largest absolute Gasteiger partial charge is 0.341 e. The normalized spacial score (nSPS) is 18.2. The average Bonchev–Trinajstić information content (AvgIpc) is 2.84. The van der Waals surface area contributed by atoms with E-state index in [1.165, 1.54) is 0 Å². The summed E-state index contributed by atoms with van der Waals surface area (Å²) in [6.07, 6.45) is 1.50. The molecule has 0 aliphatic carbocycles. The SMILES string of the molecule is CN(Cc1ccccc1)C(=O)C1CCC(c2ccccc2)N(C(=O)c2ccc(Cl)cc2)C1. The van der Waals surface area contributed by atoms with Gasteiger partial charge in [-0.05, 0) is 48.2 Å². The van der Waals surface area contributed by atoms with Crippen molar-refractivity contribution in [3.63, 3.8) is 0 Å². The van der Waals surface area contributed by atoms with Crippen LogP contribution in [-0.2, 0) is 11.3 Å². The minimum absolute atomic E-state index is 0.0529.